The van der Waals surface area contributed by atoms with Gasteiger partial charge in [-0.05, 0) is 66.8 Å². The lowest BCUT2D eigenvalue weighted by Gasteiger charge is -2.43. The van der Waals surface area contributed by atoms with E-state index in [9.17, 15) is 9.59 Å². The molecule has 1 fully saturated rings. The summed E-state index contributed by atoms with van der Waals surface area (Å²) >= 11 is 5.91. The average molecular weight is 519 g/mol. The number of nitrogens with zero attached hydrogens (tertiary/aromatic N) is 3. The first kappa shape index (κ1) is 25.2. The molecule has 1 saturated heterocycles. The van der Waals surface area contributed by atoms with E-state index in [4.69, 9.17) is 16.3 Å². The molecule has 192 valence electrons. The van der Waals surface area contributed by atoms with Crippen LogP contribution in [0.15, 0.2) is 70.6 Å². The SMILES string of the molecule is CCOc1ccc(/C=N\NC(=O)Cc2ccc(Cl)cc2)cc1CN1C[C@H]2C[C@@H](C1)c1cccc(=O)n1C2. The van der Waals surface area contributed by atoms with Gasteiger partial charge >= 0.3 is 0 Å². The maximum atomic E-state index is 12.3. The lowest BCUT2D eigenvalue weighted by Crippen LogP contribution is -2.46. The van der Waals surface area contributed by atoms with Gasteiger partial charge in [0.05, 0.1) is 19.2 Å². The van der Waals surface area contributed by atoms with E-state index >= 15 is 0 Å². The van der Waals surface area contributed by atoms with Gasteiger partial charge in [-0.25, -0.2) is 5.43 Å². The van der Waals surface area contributed by atoms with E-state index in [1.54, 1.807) is 24.4 Å². The largest absolute Gasteiger partial charge is 0.494 e. The van der Waals surface area contributed by atoms with Crippen LogP contribution in [0.3, 0.4) is 0 Å². The first-order chi connectivity index (χ1) is 18.0. The molecule has 8 heteroatoms. The summed E-state index contributed by atoms with van der Waals surface area (Å²) in [6.07, 6.45) is 3.02. The van der Waals surface area contributed by atoms with Crippen molar-refractivity contribution in [1.82, 2.24) is 14.9 Å². The van der Waals surface area contributed by atoms with Crippen molar-refractivity contribution in [3.63, 3.8) is 0 Å². The number of hydrogen-bond acceptors (Lipinski definition) is 5. The summed E-state index contributed by atoms with van der Waals surface area (Å²) in [5.41, 5.74) is 6.70. The molecule has 0 aliphatic carbocycles. The number of rotatable bonds is 8. The molecule has 0 saturated carbocycles. The van der Waals surface area contributed by atoms with Gasteiger partial charge in [-0.1, -0.05) is 29.8 Å². The molecule has 1 aromatic heterocycles. The van der Waals surface area contributed by atoms with E-state index in [2.05, 4.69) is 27.6 Å². The van der Waals surface area contributed by atoms with Crippen molar-refractivity contribution >= 4 is 23.7 Å². The van der Waals surface area contributed by atoms with Crippen LogP contribution >= 0.6 is 11.6 Å². The first-order valence-corrected chi connectivity index (χ1v) is 13.1. The minimum absolute atomic E-state index is 0.103. The number of piperidine rings is 1. The monoisotopic (exact) mass is 518 g/mol. The van der Waals surface area contributed by atoms with Gasteiger partial charge in [-0.15, -0.1) is 0 Å². The van der Waals surface area contributed by atoms with Gasteiger partial charge in [-0.2, -0.15) is 5.10 Å². The Hall–Kier alpha value is -3.42. The van der Waals surface area contributed by atoms with Gasteiger partial charge in [0.15, 0.2) is 0 Å². The standard InChI is InChI=1S/C29H31ClN4O3/c1-2-37-27-11-8-21(15-31-32-28(35)14-20-6-9-25(30)10-7-20)12-24(27)19-33-16-22-13-23(18-33)26-4-3-5-29(36)34(26)17-22/h3-12,15,22-23H,2,13-14,16-19H2,1H3,(H,32,35)/b31-15-/t22-,23+/m1/s1. The molecule has 0 spiro atoms. The Morgan fingerprint density at radius 3 is 2.78 bits per heavy atom. The summed E-state index contributed by atoms with van der Waals surface area (Å²) in [6, 6.07) is 18.8. The summed E-state index contributed by atoms with van der Waals surface area (Å²) in [4.78, 5) is 27.1. The summed E-state index contributed by atoms with van der Waals surface area (Å²) in [6.45, 7) is 5.96. The molecule has 3 aromatic rings. The fourth-order valence-electron chi connectivity index (χ4n) is 5.47. The molecule has 2 atom stereocenters. The van der Waals surface area contributed by atoms with Crippen molar-refractivity contribution in [2.75, 3.05) is 19.7 Å². The lowest BCUT2D eigenvalue weighted by atomic mass is 9.83. The maximum Gasteiger partial charge on any atom is 0.250 e. The van der Waals surface area contributed by atoms with Crippen molar-refractivity contribution in [1.29, 1.82) is 0 Å². The molecule has 3 heterocycles. The second kappa shape index (κ2) is 11.3. The number of nitrogens with one attached hydrogen (secondary N) is 1. The number of fused-ring (bicyclic) bond motifs is 4. The third-order valence-electron chi connectivity index (χ3n) is 7.01. The highest BCUT2D eigenvalue weighted by atomic mass is 35.5. The molecule has 0 unspecified atom stereocenters. The second-order valence-corrected chi connectivity index (χ2v) is 10.2. The number of aromatic nitrogens is 1. The van der Waals surface area contributed by atoms with Crippen LogP contribution in [0.4, 0.5) is 0 Å². The van der Waals surface area contributed by atoms with E-state index in [-0.39, 0.29) is 17.9 Å². The third-order valence-corrected chi connectivity index (χ3v) is 7.27. The molecular weight excluding hydrogens is 488 g/mol. The minimum atomic E-state index is -0.191. The van der Waals surface area contributed by atoms with E-state index in [1.807, 2.05) is 41.8 Å². The fraction of sp³-hybridized carbons (Fsp3) is 0.345. The van der Waals surface area contributed by atoms with Crippen LogP contribution in [0.25, 0.3) is 0 Å². The number of carbonyl (C=O) groups is 1. The smallest absolute Gasteiger partial charge is 0.250 e. The number of amides is 1. The Bertz CT molecular complexity index is 1350. The van der Waals surface area contributed by atoms with Crippen LogP contribution < -0.4 is 15.7 Å². The number of halogens is 1. The number of benzene rings is 2. The molecule has 5 rings (SSSR count). The van der Waals surface area contributed by atoms with Crippen LogP contribution in [-0.4, -0.2) is 41.3 Å². The van der Waals surface area contributed by atoms with Crippen molar-refractivity contribution in [2.45, 2.75) is 38.8 Å². The fourth-order valence-corrected chi connectivity index (χ4v) is 5.60. The predicted molar refractivity (Wildman–Crippen MR) is 145 cm³/mol. The third kappa shape index (κ3) is 6.12. The van der Waals surface area contributed by atoms with Gasteiger partial charge in [0, 0.05) is 54.4 Å². The maximum absolute atomic E-state index is 12.3. The highest BCUT2D eigenvalue weighted by Gasteiger charge is 2.34. The Labute approximate surface area is 221 Å². The Morgan fingerprint density at radius 1 is 1.14 bits per heavy atom. The van der Waals surface area contributed by atoms with Crippen LogP contribution in [0, 0.1) is 5.92 Å². The number of likely N-dealkylation sites (tertiary alicyclic amines) is 1. The van der Waals surface area contributed by atoms with Crippen LogP contribution in [0.5, 0.6) is 5.75 Å². The van der Waals surface area contributed by atoms with Crippen LogP contribution in [0.1, 0.15) is 41.6 Å². The van der Waals surface area contributed by atoms with Gasteiger partial charge in [0.2, 0.25) is 5.91 Å². The topological polar surface area (TPSA) is 75.9 Å². The summed E-state index contributed by atoms with van der Waals surface area (Å²) in [7, 11) is 0. The number of hydrazone groups is 1. The molecule has 2 aliphatic rings. The minimum Gasteiger partial charge on any atom is -0.494 e. The molecule has 0 radical (unpaired) electrons. The molecule has 2 bridgehead atoms. The molecule has 1 amide bonds. The number of ether oxygens (including phenoxy) is 1. The van der Waals surface area contributed by atoms with Crippen molar-refractivity contribution < 1.29 is 9.53 Å². The van der Waals surface area contributed by atoms with Gasteiger partial charge in [0.25, 0.3) is 5.56 Å². The van der Waals surface area contributed by atoms with Crippen molar-refractivity contribution in [3.05, 3.63) is 98.4 Å². The summed E-state index contributed by atoms with van der Waals surface area (Å²) < 4.78 is 7.88. The Balaban J connectivity index is 1.26. The Kier molecular flexibility index (Phi) is 7.72. The second-order valence-electron chi connectivity index (χ2n) is 9.79. The first-order valence-electron chi connectivity index (χ1n) is 12.7. The zero-order valence-corrected chi connectivity index (χ0v) is 21.7. The average Bonchev–Trinajstić information content (AvgIpc) is 2.88. The normalized spacial score (nSPS) is 19.0. The molecular formula is C29H31ClN4O3. The zero-order valence-electron chi connectivity index (χ0n) is 20.9. The van der Waals surface area contributed by atoms with E-state index < -0.39 is 0 Å². The predicted octanol–water partition coefficient (Wildman–Crippen LogP) is 4.21. The lowest BCUT2D eigenvalue weighted by molar-refractivity contribution is -0.120. The quantitative estimate of drug-likeness (QED) is 0.358. The highest BCUT2D eigenvalue weighted by Crippen LogP contribution is 2.36. The summed E-state index contributed by atoms with van der Waals surface area (Å²) in [5.74, 6) is 1.49. The van der Waals surface area contributed by atoms with E-state index in [1.165, 1.54) is 0 Å². The van der Waals surface area contributed by atoms with Crippen molar-refractivity contribution in [2.24, 2.45) is 11.0 Å². The van der Waals surface area contributed by atoms with E-state index in [0.717, 1.165) is 60.7 Å². The molecule has 37 heavy (non-hydrogen) atoms. The molecule has 1 N–H and O–H groups in total. The van der Waals surface area contributed by atoms with Crippen molar-refractivity contribution in [3.8, 4) is 5.75 Å². The molecule has 2 aliphatic heterocycles. The van der Waals surface area contributed by atoms with E-state index in [0.29, 0.717) is 23.5 Å². The van der Waals surface area contributed by atoms with Gasteiger partial charge in [0.1, 0.15) is 5.75 Å². The van der Waals surface area contributed by atoms with Gasteiger partial charge < -0.3 is 9.30 Å². The van der Waals surface area contributed by atoms with Crippen LogP contribution in [0.2, 0.25) is 5.02 Å². The number of pyridine rings is 1. The van der Waals surface area contributed by atoms with Gasteiger partial charge in [-0.3, -0.25) is 14.5 Å². The molecule has 2 aromatic carbocycles. The number of carbonyl (C=O) groups excluding carboxylic acids is 1. The number of hydrogen-bond donors (Lipinski definition) is 1. The van der Waals surface area contributed by atoms with Crippen LogP contribution in [-0.2, 0) is 24.3 Å². The molecule has 7 nitrogen and oxygen atoms in total. The Morgan fingerprint density at radius 2 is 1.97 bits per heavy atom. The highest BCUT2D eigenvalue weighted by molar-refractivity contribution is 6.30. The summed E-state index contributed by atoms with van der Waals surface area (Å²) in [5, 5.41) is 4.80. The zero-order chi connectivity index (χ0) is 25.8.